The minimum atomic E-state index is 0.879. The van der Waals surface area contributed by atoms with Crippen LogP contribution >= 0.6 is 0 Å². The summed E-state index contributed by atoms with van der Waals surface area (Å²) in [6.45, 7) is 0. The molecule has 8 heavy (non-hydrogen) atoms. The second-order valence-corrected chi connectivity index (χ2v) is 1.74. The van der Waals surface area contributed by atoms with Gasteiger partial charge in [-0.3, -0.25) is 0 Å². The van der Waals surface area contributed by atoms with Gasteiger partial charge in [0.15, 0.2) is 0 Å². The van der Waals surface area contributed by atoms with Gasteiger partial charge in [0, 0.05) is 0 Å². The van der Waals surface area contributed by atoms with Crippen molar-refractivity contribution in [2.75, 3.05) is 0 Å². The Hall–Kier alpha value is -0.357. The summed E-state index contributed by atoms with van der Waals surface area (Å²) in [6, 6.07) is 9.62. The SMILES string of the molecule is [Ru][O]c1ccccc1. The Bertz CT molecular complexity index is 150. The Kier molecular flexibility index (Phi) is 2.04. The summed E-state index contributed by atoms with van der Waals surface area (Å²) in [7, 11) is 0. The van der Waals surface area contributed by atoms with Crippen molar-refractivity contribution in [1.29, 1.82) is 0 Å². The molecule has 0 heterocycles. The molecule has 0 fully saturated rings. The summed E-state index contributed by atoms with van der Waals surface area (Å²) in [6.07, 6.45) is 0. The zero-order valence-electron chi connectivity index (χ0n) is 4.15. The molecule has 0 N–H and O–H groups in total. The maximum atomic E-state index is 4.84. The van der Waals surface area contributed by atoms with E-state index in [1.165, 1.54) is 0 Å². The fourth-order valence-electron chi connectivity index (χ4n) is 0.469. The van der Waals surface area contributed by atoms with Gasteiger partial charge in [-0.25, -0.2) is 0 Å². The van der Waals surface area contributed by atoms with E-state index in [4.69, 9.17) is 3.56 Å². The molecule has 0 saturated carbocycles. The van der Waals surface area contributed by atoms with Crippen LogP contribution in [0.2, 0.25) is 0 Å². The van der Waals surface area contributed by atoms with Crippen LogP contribution in [0.4, 0.5) is 0 Å². The Labute approximate surface area is 58.8 Å². The second kappa shape index (κ2) is 2.83. The molecule has 0 aromatic heterocycles. The van der Waals surface area contributed by atoms with Crippen molar-refractivity contribution in [2.24, 2.45) is 0 Å². The summed E-state index contributed by atoms with van der Waals surface area (Å²) in [5.74, 6) is 0.879. The van der Waals surface area contributed by atoms with Gasteiger partial charge in [-0.1, -0.05) is 0 Å². The number of benzene rings is 1. The van der Waals surface area contributed by atoms with Crippen LogP contribution in [0.3, 0.4) is 0 Å². The summed E-state index contributed by atoms with van der Waals surface area (Å²) in [5.41, 5.74) is 0. The molecule has 0 bridgehead atoms. The van der Waals surface area contributed by atoms with Crippen molar-refractivity contribution in [2.45, 2.75) is 0 Å². The third kappa shape index (κ3) is 1.31. The van der Waals surface area contributed by atoms with Crippen LogP contribution in [-0.4, -0.2) is 0 Å². The molecule has 1 nitrogen and oxygen atoms in total. The van der Waals surface area contributed by atoms with Gasteiger partial charge in [0.25, 0.3) is 0 Å². The van der Waals surface area contributed by atoms with E-state index >= 15 is 0 Å². The molecule has 0 aliphatic rings. The molecule has 0 unspecified atom stereocenters. The van der Waals surface area contributed by atoms with Crippen molar-refractivity contribution in [1.82, 2.24) is 0 Å². The average molecular weight is 194 g/mol. The maximum absolute atomic E-state index is 4.84. The van der Waals surface area contributed by atoms with E-state index in [0.29, 0.717) is 0 Å². The molecule has 1 aromatic carbocycles. The predicted molar refractivity (Wildman–Crippen MR) is 27.1 cm³/mol. The number of para-hydroxylation sites is 1. The van der Waals surface area contributed by atoms with Crippen LogP contribution in [0.5, 0.6) is 5.75 Å². The van der Waals surface area contributed by atoms with E-state index in [1.807, 2.05) is 30.3 Å². The van der Waals surface area contributed by atoms with E-state index in [0.717, 1.165) is 5.75 Å². The molecule has 0 amide bonds. The fourth-order valence-corrected chi connectivity index (χ4v) is 0.705. The van der Waals surface area contributed by atoms with Crippen LogP contribution in [-0.2, 0) is 18.7 Å². The monoisotopic (exact) mass is 195 g/mol. The normalized spacial score (nSPS) is 8.62. The van der Waals surface area contributed by atoms with E-state index in [9.17, 15) is 0 Å². The minimum absolute atomic E-state index is 0.879. The summed E-state index contributed by atoms with van der Waals surface area (Å²) < 4.78 is 4.84. The molecule has 0 saturated heterocycles. The average Bonchev–Trinajstić information content (AvgIpc) is 1.90. The van der Waals surface area contributed by atoms with Crippen molar-refractivity contribution >= 4 is 0 Å². The van der Waals surface area contributed by atoms with Gasteiger partial charge in [-0.2, -0.15) is 0 Å². The molecule has 1 rings (SSSR count). The summed E-state index contributed by atoms with van der Waals surface area (Å²) in [5, 5.41) is 0. The zero-order valence-corrected chi connectivity index (χ0v) is 5.89. The van der Waals surface area contributed by atoms with Crippen LogP contribution in [0.15, 0.2) is 30.3 Å². The molecule has 43 valence electrons. The second-order valence-electron chi connectivity index (χ2n) is 1.39. The quantitative estimate of drug-likeness (QED) is 0.616. The molecular formula is C6H5ORu. The van der Waals surface area contributed by atoms with Crippen LogP contribution in [0.1, 0.15) is 0 Å². The molecule has 0 radical (unpaired) electrons. The Balaban J connectivity index is 2.83. The first-order chi connectivity index (χ1) is 3.93. The zero-order chi connectivity index (χ0) is 5.82. The molecule has 0 aliphatic heterocycles. The third-order valence-corrected chi connectivity index (χ3v) is 1.24. The van der Waals surface area contributed by atoms with Gasteiger partial charge in [0.05, 0.1) is 0 Å². The van der Waals surface area contributed by atoms with Gasteiger partial charge in [0.2, 0.25) is 0 Å². The first kappa shape index (κ1) is 5.77. The number of hydrogen-bond donors (Lipinski definition) is 0. The van der Waals surface area contributed by atoms with E-state index in [2.05, 4.69) is 18.7 Å². The first-order valence-corrected chi connectivity index (χ1v) is 2.97. The van der Waals surface area contributed by atoms with Crippen LogP contribution < -0.4 is 3.56 Å². The molecule has 0 aliphatic carbocycles. The van der Waals surface area contributed by atoms with E-state index in [-0.39, 0.29) is 0 Å². The molecule has 1 aromatic rings. The van der Waals surface area contributed by atoms with Gasteiger partial charge in [-0.15, -0.1) is 0 Å². The summed E-state index contributed by atoms with van der Waals surface area (Å²) >= 11 is 2.11. The first-order valence-electron chi connectivity index (χ1n) is 2.26. The van der Waals surface area contributed by atoms with E-state index < -0.39 is 0 Å². The van der Waals surface area contributed by atoms with Gasteiger partial charge < -0.3 is 0 Å². The van der Waals surface area contributed by atoms with Gasteiger partial charge in [0.1, 0.15) is 0 Å². The molecule has 2 heteroatoms. The van der Waals surface area contributed by atoms with Crippen molar-refractivity contribution in [3.63, 3.8) is 0 Å². The molecule has 0 atom stereocenters. The van der Waals surface area contributed by atoms with Crippen LogP contribution in [0.25, 0.3) is 0 Å². The topological polar surface area (TPSA) is 9.23 Å². The third-order valence-electron chi connectivity index (χ3n) is 0.827. The number of hydrogen-bond acceptors (Lipinski definition) is 1. The van der Waals surface area contributed by atoms with Gasteiger partial charge >= 0.3 is 58.3 Å². The van der Waals surface area contributed by atoms with Crippen LogP contribution in [0, 0.1) is 0 Å². The standard InChI is InChI=1S/C6H6O.Ru/c7-6-4-2-1-3-5-6;/h1-5,7H;/q;+1/p-1. The Morgan fingerprint density at radius 3 is 2.12 bits per heavy atom. The summed E-state index contributed by atoms with van der Waals surface area (Å²) in [4.78, 5) is 0. The molecule has 0 spiro atoms. The fraction of sp³-hybridized carbons (Fsp3) is 0. The van der Waals surface area contributed by atoms with E-state index in [1.54, 1.807) is 0 Å². The predicted octanol–water partition coefficient (Wildman–Crippen LogP) is 1.53. The number of rotatable bonds is 1. The van der Waals surface area contributed by atoms with Crippen molar-refractivity contribution in [3.8, 4) is 5.75 Å². The van der Waals surface area contributed by atoms with Crippen molar-refractivity contribution < 1.29 is 22.2 Å². The van der Waals surface area contributed by atoms with Crippen molar-refractivity contribution in [3.05, 3.63) is 30.3 Å². The Morgan fingerprint density at radius 2 is 1.75 bits per heavy atom. The van der Waals surface area contributed by atoms with Gasteiger partial charge in [-0.05, 0) is 0 Å². The Morgan fingerprint density at radius 1 is 1.12 bits per heavy atom. The molecular weight excluding hydrogens is 189 g/mol.